The molecule has 5 heteroatoms. The maximum absolute atomic E-state index is 12.1. The Labute approximate surface area is 125 Å². The van der Waals surface area contributed by atoms with Crippen LogP contribution in [-0.2, 0) is 16.1 Å². The molecule has 0 aromatic heterocycles. The van der Waals surface area contributed by atoms with Gasteiger partial charge in [0, 0.05) is 13.1 Å². The van der Waals surface area contributed by atoms with Crippen LogP contribution in [0, 0.1) is 0 Å². The van der Waals surface area contributed by atoms with Gasteiger partial charge in [-0.2, -0.15) is 0 Å². The highest BCUT2D eigenvalue weighted by Crippen LogP contribution is 2.27. The number of morpholine rings is 1. The van der Waals surface area contributed by atoms with Crippen molar-refractivity contribution in [3.05, 3.63) is 29.8 Å². The summed E-state index contributed by atoms with van der Waals surface area (Å²) < 4.78 is 11.1. The van der Waals surface area contributed by atoms with Crippen LogP contribution >= 0.6 is 0 Å². The van der Waals surface area contributed by atoms with E-state index in [0.29, 0.717) is 13.1 Å². The summed E-state index contributed by atoms with van der Waals surface area (Å²) >= 11 is 0. The number of amides is 1. The molecule has 1 aromatic carbocycles. The Morgan fingerprint density at radius 2 is 2.38 bits per heavy atom. The van der Waals surface area contributed by atoms with Gasteiger partial charge in [-0.1, -0.05) is 12.1 Å². The number of ether oxygens (including phenoxy) is 2. The number of nitrogens with zero attached hydrogens (tertiary/aromatic N) is 1. The fourth-order valence-corrected chi connectivity index (χ4v) is 3.12. The molecule has 0 aliphatic carbocycles. The summed E-state index contributed by atoms with van der Waals surface area (Å²) in [4.78, 5) is 14.0. The Balaban J connectivity index is 1.71. The van der Waals surface area contributed by atoms with Crippen molar-refractivity contribution < 1.29 is 14.3 Å². The van der Waals surface area contributed by atoms with Crippen LogP contribution in [0.4, 0.5) is 0 Å². The summed E-state index contributed by atoms with van der Waals surface area (Å²) in [6.45, 7) is 3.33. The fraction of sp³-hybridized carbons (Fsp3) is 0.562. The van der Waals surface area contributed by atoms with E-state index in [2.05, 4.69) is 5.32 Å². The zero-order chi connectivity index (χ0) is 14.7. The monoisotopic (exact) mass is 290 g/mol. The number of benzene rings is 1. The first-order valence-corrected chi connectivity index (χ1v) is 7.46. The third kappa shape index (κ3) is 3.19. The van der Waals surface area contributed by atoms with Gasteiger partial charge in [0.2, 0.25) is 5.91 Å². The van der Waals surface area contributed by atoms with E-state index in [4.69, 9.17) is 9.47 Å². The van der Waals surface area contributed by atoms with Crippen molar-refractivity contribution in [2.45, 2.75) is 25.0 Å². The Kier molecular flexibility index (Phi) is 4.12. The molecule has 0 bridgehead atoms. The SMILES string of the molecule is COc1cccc(CN2CC3(CCCNC3)OCC2=O)c1. The molecule has 0 saturated carbocycles. The van der Waals surface area contributed by atoms with Gasteiger partial charge in [0.15, 0.2) is 0 Å². The molecule has 1 atom stereocenters. The second kappa shape index (κ2) is 6.03. The van der Waals surface area contributed by atoms with Crippen molar-refractivity contribution in [3.63, 3.8) is 0 Å². The summed E-state index contributed by atoms with van der Waals surface area (Å²) in [6.07, 6.45) is 2.11. The minimum Gasteiger partial charge on any atom is -0.497 e. The number of rotatable bonds is 3. The highest BCUT2D eigenvalue weighted by molar-refractivity contribution is 5.78. The Morgan fingerprint density at radius 1 is 1.48 bits per heavy atom. The van der Waals surface area contributed by atoms with Gasteiger partial charge in [-0.15, -0.1) is 0 Å². The zero-order valence-corrected chi connectivity index (χ0v) is 12.4. The van der Waals surface area contributed by atoms with E-state index in [-0.39, 0.29) is 18.1 Å². The lowest BCUT2D eigenvalue weighted by molar-refractivity contribution is -0.167. The van der Waals surface area contributed by atoms with Crippen LogP contribution in [0.1, 0.15) is 18.4 Å². The van der Waals surface area contributed by atoms with Gasteiger partial charge in [-0.25, -0.2) is 0 Å². The van der Waals surface area contributed by atoms with Gasteiger partial charge in [0.25, 0.3) is 0 Å². The molecule has 2 heterocycles. The maximum Gasteiger partial charge on any atom is 0.249 e. The lowest BCUT2D eigenvalue weighted by Gasteiger charge is -2.44. The van der Waals surface area contributed by atoms with E-state index in [1.807, 2.05) is 29.2 Å². The van der Waals surface area contributed by atoms with E-state index < -0.39 is 0 Å². The van der Waals surface area contributed by atoms with Crippen LogP contribution in [0.2, 0.25) is 0 Å². The topological polar surface area (TPSA) is 50.8 Å². The van der Waals surface area contributed by atoms with Crippen molar-refractivity contribution in [1.82, 2.24) is 10.2 Å². The Hall–Kier alpha value is -1.59. The average molecular weight is 290 g/mol. The van der Waals surface area contributed by atoms with Gasteiger partial charge in [0.05, 0.1) is 19.3 Å². The third-order valence-corrected chi connectivity index (χ3v) is 4.27. The average Bonchev–Trinajstić information content (AvgIpc) is 2.52. The maximum atomic E-state index is 12.1. The molecule has 1 unspecified atom stereocenters. The van der Waals surface area contributed by atoms with Crippen molar-refractivity contribution >= 4 is 5.91 Å². The first-order valence-electron chi connectivity index (χ1n) is 7.46. The normalized spacial score (nSPS) is 26.1. The standard InChI is InChI=1S/C16H22N2O3/c1-20-14-5-2-4-13(8-14)9-18-12-16(21-10-15(18)19)6-3-7-17-11-16/h2,4-5,8,17H,3,6-7,9-12H2,1H3. The molecule has 2 aliphatic rings. The molecule has 21 heavy (non-hydrogen) atoms. The molecule has 5 nitrogen and oxygen atoms in total. The predicted molar refractivity (Wildman–Crippen MR) is 79.2 cm³/mol. The lowest BCUT2D eigenvalue weighted by atomic mass is 9.91. The van der Waals surface area contributed by atoms with E-state index in [1.165, 1.54) is 0 Å². The summed E-state index contributed by atoms with van der Waals surface area (Å²) in [6, 6.07) is 7.87. The van der Waals surface area contributed by atoms with Gasteiger partial charge >= 0.3 is 0 Å². The van der Waals surface area contributed by atoms with Crippen LogP contribution < -0.4 is 10.1 Å². The van der Waals surface area contributed by atoms with Crippen molar-refractivity contribution in [1.29, 1.82) is 0 Å². The Morgan fingerprint density at radius 3 is 3.14 bits per heavy atom. The highest BCUT2D eigenvalue weighted by Gasteiger charge is 2.40. The number of carbonyl (C=O) groups is 1. The first-order chi connectivity index (χ1) is 10.2. The van der Waals surface area contributed by atoms with Crippen molar-refractivity contribution in [2.75, 3.05) is 33.4 Å². The fourth-order valence-electron chi connectivity index (χ4n) is 3.12. The molecular weight excluding hydrogens is 268 g/mol. The summed E-state index contributed by atoms with van der Waals surface area (Å²) in [5, 5.41) is 3.38. The molecule has 2 aliphatic heterocycles. The van der Waals surface area contributed by atoms with Crippen LogP contribution in [0.3, 0.4) is 0 Å². The summed E-state index contributed by atoms with van der Waals surface area (Å²) in [5.41, 5.74) is 0.883. The molecule has 2 saturated heterocycles. The van der Waals surface area contributed by atoms with Gasteiger partial charge in [-0.05, 0) is 37.1 Å². The predicted octanol–water partition coefficient (Wildman–Crippen LogP) is 1.18. The van der Waals surface area contributed by atoms with E-state index in [9.17, 15) is 4.79 Å². The van der Waals surface area contributed by atoms with Gasteiger partial charge in [0.1, 0.15) is 12.4 Å². The van der Waals surface area contributed by atoms with E-state index in [1.54, 1.807) is 7.11 Å². The minimum absolute atomic E-state index is 0.0639. The molecule has 1 aromatic rings. The largest absolute Gasteiger partial charge is 0.497 e. The number of hydrogen-bond acceptors (Lipinski definition) is 4. The minimum atomic E-state index is -0.203. The number of methoxy groups -OCH3 is 1. The van der Waals surface area contributed by atoms with Crippen molar-refractivity contribution in [2.24, 2.45) is 0 Å². The van der Waals surface area contributed by atoms with Crippen LogP contribution in [-0.4, -0.2) is 49.8 Å². The third-order valence-electron chi connectivity index (χ3n) is 4.27. The van der Waals surface area contributed by atoms with Crippen LogP contribution in [0.5, 0.6) is 5.75 Å². The van der Waals surface area contributed by atoms with Crippen molar-refractivity contribution in [3.8, 4) is 5.75 Å². The lowest BCUT2D eigenvalue weighted by Crippen LogP contribution is -2.60. The van der Waals surface area contributed by atoms with E-state index in [0.717, 1.165) is 37.2 Å². The first kappa shape index (κ1) is 14.4. The number of carbonyl (C=O) groups excluding carboxylic acids is 1. The Bertz CT molecular complexity index is 512. The molecule has 114 valence electrons. The highest BCUT2D eigenvalue weighted by atomic mass is 16.5. The second-order valence-electron chi connectivity index (χ2n) is 5.85. The molecule has 1 spiro atoms. The van der Waals surface area contributed by atoms with Gasteiger partial charge < -0.3 is 19.7 Å². The van der Waals surface area contributed by atoms with Gasteiger partial charge in [-0.3, -0.25) is 4.79 Å². The second-order valence-corrected chi connectivity index (χ2v) is 5.85. The molecule has 3 rings (SSSR count). The molecule has 1 amide bonds. The molecule has 1 N–H and O–H groups in total. The molecule has 0 radical (unpaired) electrons. The van der Waals surface area contributed by atoms with Crippen LogP contribution in [0.25, 0.3) is 0 Å². The molecule has 2 fully saturated rings. The van der Waals surface area contributed by atoms with Crippen LogP contribution in [0.15, 0.2) is 24.3 Å². The summed E-state index contributed by atoms with van der Waals surface area (Å²) in [5.74, 6) is 0.885. The number of piperidine rings is 1. The summed E-state index contributed by atoms with van der Waals surface area (Å²) in [7, 11) is 1.65. The quantitative estimate of drug-likeness (QED) is 0.908. The zero-order valence-electron chi connectivity index (χ0n) is 12.4. The number of hydrogen-bond donors (Lipinski definition) is 1. The smallest absolute Gasteiger partial charge is 0.249 e. The molecular formula is C16H22N2O3. The number of nitrogens with one attached hydrogen (secondary N) is 1. The van der Waals surface area contributed by atoms with E-state index >= 15 is 0 Å².